The number of nitrogen functional groups attached to an aromatic ring is 1. The van der Waals surface area contributed by atoms with E-state index in [9.17, 15) is 4.79 Å². The SMILES string of the molecule is Cc1cc(NN)c(C(=O)NCc2cccc(Cl)c2)cn1. The summed E-state index contributed by atoms with van der Waals surface area (Å²) in [6.07, 6.45) is 1.50. The molecule has 1 aromatic carbocycles. The van der Waals surface area contributed by atoms with Crippen LogP contribution >= 0.6 is 11.6 Å². The number of hydrogen-bond donors (Lipinski definition) is 3. The monoisotopic (exact) mass is 290 g/mol. The first-order valence-electron chi connectivity index (χ1n) is 6.06. The summed E-state index contributed by atoms with van der Waals surface area (Å²) in [6.45, 7) is 2.21. The number of carbonyl (C=O) groups excluding carboxylic acids is 1. The van der Waals surface area contributed by atoms with Gasteiger partial charge in [-0.05, 0) is 30.7 Å². The Bertz CT molecular complexity index is 630. The smallest absolute Gasteiger partial charge is 0.255 e. The molecular weight excluding hydrogens is 276 g/mol. The Balaban J connectivity index is 2.09. The molecule has 0 saturated carbocycles. The number of rotatable bonds is 4. The summed E-state index contributed by atoms with van der Waals surface area (Å²) in [5, 5.41) is 3.44. The van der Waals surface area contributed by atoms with Crippen LogP contribution in [0.5, 0.6) is 0 Å². The van der Waals surface area contributed by atoms with Crippen molar-refractivity contribution in [3.63, 3.8) is 0 Å². The van der Waals surface area contributed by atoms with Crippen molar-refractivity contribution in [3.8, 4) is 0 Å². The molecule has 0 bridgehead atoms. The number of benzene rings is 1. The summed E-state index contributed by atoms with van der Waals surface area (Å²) >= 11 is 5.89. The number of nitrogens with one attached hydrogen (secondary N) is 2. The van der Waals surface area contributed by atoms with Gasteiger partial charge in [0, 0.05) is 23.5 Å². The van der Waals surface area contributed by atoms with Crippen LogP contribution in [0.15, 0.2) is 36.5 Å². The molecule has 0 atom stereocenters. The van der Waals surface area contributed by atoms with Crippen molar-refractivity contribution in [2.75, 3.05) is 5.43 Å². The maximum absolute atomic E-state index is 12.1. The van der Waals surface area contributed by atoms with E-state index in [1.807, 2.05) is 19.1 Å². The van der Waals surface area contributed by atoms with Gasteiger partial charge in [-0.15, -0.1) is 0 Å². The molecule has 0 fully saturated rings. The largest absolute Gasteiger partial charge is 0.348 e. The average molecular weight is 291 g/mol. The van der Waals surface area contributed by atoms with Gasteiger partial charge in [-0.3, -0.25) is 15.6 Å². The third kappa shape index (κ3) is 3.46. The van der Waals surface area contributed by atoms with Crippen LogP contribution in [0, 0.1) is 6.92 Å². The molecule has 0 aliphatic heterocycles. The zero-order valence-corrected chi connectivity index (χ0v) is 11.7. The van der Waals surface area contributed by atoms with Crippen molar-refractivity contribution in [1.29, 1.82) is 0 Å². The Labute approximate surface area is 122 Å². The molecule has 2 rings (SSSR count). The number of nitrogens with two attached hydrogens (primary N) is 1. The van der Waals surface area contributed by atoms with E-state index in [1.54, 1.807) is 18.2 Å². The van der Waals surface area contributed by atoms with Gasteiger partial charge < -0.3 is 10.7 Å². The molecule has 0 radical (unpaired) electrons. The Morgan fingerprint density at radius 2 is 2.20 bits per heavy atom. The van der Waals surface area contributed by atoms with Crippen molar-refractivity contribution in [3.05, 3.63) is 58.4 Å². The number of anilines is 1. The van der Waals surface area contributed by atoms with Crippen LogP contribution in [0.2, 0.25) is 5.02 Å². The van der Waals surface area contributed by atoms with Gasteiger partial charge in [-0.25, -0.2) is 0 Å². The van der Waals surface area contributed by atoms with E-state index in [0.29, 0.717) is 22.8 Å². The third-order valence-electron chi connectivity index (χ3n) is 2.78. The summed E-state index contributed by atoms with van der Waals surface area (Å²) in [6, 6.07) is 9.03. The van der Waals surface area contributed by atoms with Crippen molar-refractivity contribution in [2.24, 2.45) is 5.84 Å². The normalized spacial score (nSPS) is 10.2. The number of hydrogen-bond acceptors (Lipinski definition) is 4. The van der Waals surface area contributed by atoms with Crippen LogP contribution in [-0.2, 0) is 6.54 Å². The second-order valence-corrected chi connectivity index (χ2v) is 4.76. The van der Waals surface area contributed by atoms with E-state index in [1.165, 1.54) is 6.20 Å². The van der Waals surface area contributed by atoms with Crippen LogP contribution in [0.25, 0.3) is 0 Å². The van der Waals surface area contributed by atoms with Crippen LogP contribution in [0.4, 0.5) is 5.69 Å². The third-order valence-corrected chi connectivity index (χ3v) is 3.02. The number of halogens is 1. The van der Waals surface area contributed by atoms with Crippen molar-refractivity contribution in [1.82, 2.24) is 10.3 Å². The molecule has 5 nitrogen and oxygen atoms in total. The highest BCUT2D eigenvalue weighted by atomic mass is 35.5. The van der Waals surface area contributed by atoms with E-state index in [2.05, 4.69) is 15.7 Å². The van der Waals surface area contributed by atoms with Crippen molar-refractivity contribution < 1.29 is 4.79 Å². The second-order valence-electron chi connectivity index (χ2n) is 4.33. The Hall–Kier alpha value is -2.11. The maximum Gasteiger partial charge on any atom is 0.255 e. The highest BCUT2D eigenvalue weighted by Crippen LogP contribution is 2.15. The molecule has 0 unspecified atom stereocenters. The molecule has 0 aliphatic rings. The summed E-state index contributed by atoms with van der Waals surface area (Å²) < 4.78 is 0. The van der Waals surface area contributed by atoms with Gasteiger partial charge in [0.25, 0.3) is 5.91 Å². The summed E-state index contributed by atoms with van der Waals surface area (Å²) in [7, 11) is 0. The van der Waals surface area contributed by atoms with Crippen LogP contribution in [0.3, 0.4) is 0 Å². The Morgan fingerprint density at radius 1 is 1.40 bits per heavy atom. The molecule has 2 aromatic rings. The van der Waals surface area contributed by atoms with Gasteiger partial charge >= 0.3 is 0 Å². The molecular formula is C14H15ClN4O. The molecule has 104 valence electrons. The topological polar surface area (TPSA) is 80.0 Å². The van der Waals surface area contributed by atoms with E-state index < -0.39 is 0 Å². The standard InChI is InChI=1S/C14H15ClN4O/c1-9-5-13(19-16)12(8-17-9)14(20)18-7-10-3-2-4-11(15)6-10/h2-6,8H,7,16H2,1H3,(H,17,19)(H,18,20). The molecule has 0 aliphatic carbocycles. The zero-order valence-electron chi connectivity index (χ0n) is 11.0. The van der Waals surface area contributed by atoms with E-state index >= 15 is 0 Å². The fourth-order valence-electron chi connectivity index (χ4n) is 1.78. The van der Waals surface area contributed by atoms with Gasteiger partial charge in [-0.1, -0.05) is 23.7 Å². The molecule has 0 spiro atoms. The highest BCUT2D eigenvalue weighted by Gasteiger charge is 2.11. The minimum absolute atomic E-state index is 0.245. The lowest BCUT2D eigenvalue weighted by atomic mass is 10.2. The van der Waals surface area contributed by atoms with Gasteiger partial charge in [-0.2, -0.15) is 0 Å². The molecule has 0 saturated heterocycles. The van der Waals surface area contributed by atoms with Gasteiger partial charge in [0.1, 0.15) is 0 Å². The lowest BCUT2D eigenvalue weighted by Crippen LogP contribution is -2.25. The number of aryl methyl sites for hydroxylation is 1. The number of pyridine rings is 1. The molecule has 4 N–H and O–H groups in total. The van der Waals surface area contributed by atoms with E-state index in [4.69, 9.17) is 17.4 Å². The molecule has 6 heteroatoms. The van der Waals surface area contributed by atoms with Crippen molar-refractivity contribution in [2.45, 2.75) is 13.5 Å². The Morgan fingerprint density at radius 3 is 2.90 bits per heavy atom. The molecule has 1 aromatic heterocycles. The number of amides is 1. The minimum atomic E-state index is -0.245. The first-order chi connectivity index (χ1) is 9.60. The van der Waals surface area contributed by atoms with Crippen molar-refractivity contribution >= 4 is 23.2 Å². The number of aromatic nitrogens is 1. The van der Waals surface area contributed by atoms with Gasteiger partial charge in [0.2, 0.25) is 0 Å². The van der Waals surface area contributed by atoms with Crippen LogP contribution < -0.4 is 16.6 Å². The second kappa shape index (κ2) is 6.36. The Kier molecular flexibility index (Phi) is 4.55. The fraction of sp³-hybridized carbons (Fsp3) is 0.143. The predicted octanol–water partition coefficient (Wildman–Crippen LogP) is 2.26. The number of carbonyl (C=O) groups is 1. The number of hydrazine groups is 1. The summed E-state index contributed by atoms with van der Waals surface area (Å²) in [4.78, 5) is 16.2. The quantitative estimate of drug-likeness (QED) is 0.596. The first-order valence-corrected chi connectivity index (χ1v) is 6.44. The maximum atomic E-state index is 12.1. The number of nitrogens with zero attached hydrogens (tertiary/aromatic N) is 1. The van der Waals surface area contributed by atoms with Crippen LogP contribution in [0.1, 0.15) is 21.6 Å². The highest BCUT2D eigenvalue weighted by molar-refractivity contribution is 6.30. The van der Waals surface area contributed by atoms with E-state index in [0.717, 1.165) is 11.3 Å². The average Bonchev–Trinajstić information content (AvgIpc) is 2.44. The lowest BCUT2D eigenvalue weighted by molar-refractivity contribution is 0.0951. The van der Waals surface area contributed by atoms with Gasteiger partial charge in [0.15, 0.2) is 0 Å². The van der Waals surface area contributed by atoms with E-state index in [-0.39, 0.29) is 5.91 Å². The molecule has 20 heavy (non-hydrogen) atoms. The minimum Gasteiger partial charge on any atom is -0.348 e. The predicted molar refractivity (Wildman–Crippen MR) is 79.4 cm³/mol. The molecule has 1 amide bonds. The summed E-state index contributed by atoms with van der Waals surface area (Å²) in [5.41, 5.74) is 5.15. The summed E-state index contributed by atoms with van der Waals surface area (Å²) in [5.74, 6) is 5.16. The zero-order chi connectivity index (χ0) is 14.5. The molecule has 1 heterocycles. The first kappa shape index (κ1) is 14.3. The van der Waals surface area contributed by atoms with Crippen LogP contribution in [-0.4, -0.2) is 10.9 Å². The lowest BCUT2D eigenvalue weighted by Gasteiger charge is -2.10. The fourth-order valence-corrected chi connectivity index (χ4v) is 2.00. The van der Waals surface area contributed by atoms with Gasteiger partial charge in [0.05, 0.1) is 11.3 Å².